The third-order valence-electron chi connectivity index (χ3n) is 5.96. The Kier molecular flexibility index (Phi) is 13.0. The van der Waals surface area contributed by atoms with Gasteiger partial charge in [-0.3, -0.25) is 9.59 Å². The molecule has 0 aromatic heterocycles. The first-order valence-electron chi connectivity index (χ1n) is 13.5. The molecule has 0 saturated carbocycles. The van der Waals surface area contributed by atoms with Crippen molar-refractivity contribution < 1.29 is 38.2 Å². The summed E-state index contributed by atoms with van der Waals surface area (Å²) in [4.78, 5) is 62.2. The van der Waals surface area contributed by atoms with Crippen LogP contribution >= 0.6 is 0 Å². The first kappa shape index (κ1) is 32.1. The quantitative estimate of drug-likeness (QED) is 0.208. The molecule has 3 aromatic carbocycles. The van der Waals surface area contributed by atoms with Crippen LogP contribution in [0, 0.1) is 0 Å². The van der Waals surface area contributed by atoms with Crippen molar-refractivity contribution in [2.24, 2.45) is 0 Å². The van der Waals surface area contributed by atoms with Gasteiger partial charge in [-0.05, 0) is 23.6 Å². The van der Waals surface area contributed by atoms with Crippen molar-refractivity contribution in [3.63, 3.8) is 0 Å². The van der Waals surface area contributed by atoms with Gasteiger partial charge in [0.1, 0.15) is 31.9 Å². The molecule has 4 N–H and O–H groups in total. The molecule has 0 heterocycles. The van der Waals surface area contributed by atoms with E-state index in [1.165, 1.54) is 6.92 Å². The van der Waals surface area contributed by atoms with Crippen molar-refractivity contribution >= 4 is 30.0 Å². The fraction of sp³-hybridized carbons (Fsp3) is 0.258. The summed E-state index contributed by atoms with van der Waals surface area (Å²) < 4.78 is 15.5. The van der Waals surface area contributed by atoms with E-state index in [1.54, 1.807) is 72.8 Å². The molecular weight excluding hydrogens is 556 g/mol. The zero-order valence-corrected chi connectivity index (χ0v) is 23.6. The second-order valence-corrected chi connectivity index (χ2v) is 9.32. The summed E-state index contributed by atoms with van der Waals surface area (Å²) in [5, 5.41) is 9.77. The summed E-state index contributed by atoms with van der Waals surface area (Å²) in [6.07, 6.45) is -2.57. The molecule has 3 aromatic rings. The Bertz CT molecular complexity index is 1340. The zero-order chi connectivity index (χ0) is 30.9. The van der Waals surface area contributed by atoms with E-state index in [9.17, 15) is 24.0 Å². The number of nitrogens with one attached hydrogen (secondary N) is 4. The molecule has 0 spiro atoms. The number of benzene rings is 3. The Morgan fingerprint density at radius 1 is 0.535 bits per heavy atom. The Labute approximate surface area is 249 Å². The van der Waals surface area contributed by atoms with E-state index in [0.717, 1.165) is 16.7 Å². The second kappa shape index (κ2) is 17.4. The highest BCUT2D eigenvalue weighted by atomic mass is 16.6. The van der Waals surface area contributed by atoms with Crippen LogP contribution < -0.4 is 21.3 Å². The Morgan fingerprint density at radius 3 is 1.33 bits per heavy atom. The van der Waals surface area contributed by atoms with Gasteiger partial charge in [-0.1, -0.05) is 91.0 Å². The minimum Gasteiger partial charge on any atom is -0.445 e. The molecule has 0 fully saturated rings. The van der Waals surface area contributed by atoms with Gasteiger partial charge in [-0.25, -0.2) is 14.4 Å². The van der Waals surface area contributed by atoms with Crippen LogP contribution in [-0.4, -0.2) is 55.1 Å². The fourth-order valence-corrected chi connectivity index (χ4v) is 3.61. The van der Waals surface area contributed by atoms with Crippen LogP contribution in [0.15, 0.2) is 91.0 Å². The van der Waals surface area contributed by atoms with E-state index >= 15 is 0 Å². The average Bonchev–Trinajstić information content (AvgIpc) is 3.03. The molecule has 3 rings (SSSR count). The lowest BCUT2D eigenvalue weighted by atomic mass is 10.2. The van der Waals surface area contributed by atoms with E-state index in [-0.39, 0.29) is 32.9 Å². The molecule has 0 aliphatic carbocycles. The van der Waals surface area contributed by atoms with Crippen molar-refractivity contribution in [2.45, 2.75) is 38.8 Å². The van der Waals surface area contributed by atoms with Crippen LogP contribution in [0.1, 0.15) is 23.6 Å². The van der Waals surface area contributed by atoms with E-state index in [2.05, 4.69) is 21.3 Å². The predicted octanol–water partition coefficient (Wildman–Crippen LogP) is 3.21. The smallest absolute Gasteiger partial charge is 0.408 e. The number of ketones is 1. The van der Waals surface area contributed by atoms with Gasteiger partial charge in [-0.2, -0.15) is 0 Å². The lowest BCUT2D eigenvalue weighted by Crippen LogP contribution is -2.55. The number of hydrogen-bond acceptors (Lipinski definition) is 8. The SMILES string of the molecule is CC(=O)C(CNC(=O)C(CNC(=O)OCc1ccccc1)NC(=O)OCc1ccccc1)NC(=O)OCc1ccccc1. The second-order valence-electron chi connectivity index (χ2n) is 9.32. The molecule has 2 unspecified atom stereocenters. The fourth-order valence-electron chi connectivity index (χ4n) is 3.61. The maximum atomic E-state index is 13.0. The van der Waals surface area contributed by atoms with Gasteiger partial charge in [0.15, 0.2) is 5.78 Å². The van der Waals surface area contributed by atoms with E-state index in [4.69, 9.17) is 14.2 Å². The topological polar surface area (TPSA) is 161 Å². The first-order valence-corrected chi connectivity index (χ1v) is 13.5. The van der Waals surface area contributed by atoms with Gasteiger partial charge in [0.2, 0.25) is 5.91 Å². The van der Waals surface area contributed by atoms with Crippen LogP contribution in [0.2, 0.25) is 0 Å². The number of hydrogen-bond donors (Lipinski definition) is 4. The number of carbonyl (C=O) groups is 5. The van der Waals surface area contributed by atoms with Gasteiger partial charge < -0.3 is 35.5 Å². The molecule has 0 bridgehead atoms. The minimum absolute atomic E-state index is 0.00240. The van der Waals surface area contributed by atoms with Crippen molar-refractivity contribution in [2.75, 3.05) is 13.1 Å². The number of ether oxygens (including phenoxy) is 3. The molecule has 12 nitrogen and oxygen atoms in total. The molecule has 226 valence electrons. The normalized spacial score (nSPS) is 11.7. The molecule has 0 saturated heterocycles. The lowest BCUT2D eigenvalue weighted by Gasteiger charge is -2.21. The standard InChI is InChI=1S/C31H34N4O8/c1-22(36)26(34-30(39)42-20-24-13-7-3-8-14-24)17-32-28(37)27(35-31(40)43-21-25-15-9-4-10-16-25)18-33-29(38)41-19-23-11-5-2-6-12-23/h2-16,26-27H,17-21H2,1H3,(H,32,37)(H,33,38)(H,34,39)(H,35,40). The van der Waals surface area contributed by atoms with Gasteiger partial charge in [0.05, 0.1) is 6.54 Å². The summed E-state index contributed by atoms with van der Waals surface area (Å²) >= 11 is 0. The maximum Gasteiger partial charge on any atom is 0.408 e. The van der Waals surface area contributed by atoms with Gasteiger partial charge in [0.25, 0.3) is 0 Å². The molecule has 43 heavy (non-hydrogen) atoms. The summed E-state index contributed by atoms with van der Waals surface area (Å²) in [5.74, 6) is -1.18. The van der Waals surface area contributed by atoms with Crippen molar-refractivity contribution in [3.8, 4) is 0 Å². The summed E-state index contributed by atoms with van der Waals surface area (Å²) in [7, 11) is 0. The highest BCUT2D eigenvalue weighted by molar-refractivity contribution is 5.89. The van der Waals surface area contributed by atoms with Gasteiger partial charge >= 0.3 is 18.3 Å². The number of rotatable bonds is 14. The summed E-state index contributed by atoms with van der Waals surface area (Å²) in [6, 6.07) is 24.5. The van der Waals surface area contributed by atoms with Gasteiger partial charge in [-0.15, -0.1) is 0 Å². The average molecular weight is 591 g/mol. The lowest BCUT2D eigenvalue weighted by molar-refractivity contribution is -0.123. The monoisotopic (exact) mass is 590 g/mol. The Hall–Kier alpha value is -5.39. The number of amides is 4. The van der Waals surface area contributed by atoms with Gasteiger partial charge in [0, 0.05) is 6.54 Å². The third kappa shape index (κ3) is 12.3. The highest BCUT2D eigenvalue weighted by Gasteiger charge is 2.25. The van der Waals surface area contributed by atoms with Crippen LogP contribution in [-0.2, 0) is 43.6 Å². The summed E-state index contributed by atoms with van der Waals surface area (Å²) in [6.45, 7) is 0.543. The van der Waals surface area contributed by atoms with Crippen molar-refractivity contribution in [1.82, 2.24) is 21.3 Å². The predicted molar refractivity (Wildman–Crippen MR) is 155 cm³/mol. The zero-order valence-electron chi connectivity index (χ0n) is 23.6. The molecular formula is C31H34N4O8. The number of carbonyl (C=O) groups excluding carboxylic acids is 5. The molecule has 0 aliphatic heterocycles. The third-order valence-corrected chi connectivity index (χ3v) is 5.96. The summed E-state index contributed by atoms with van der Waals surface area (Å²) in [5.41, 5.74) is 2.25. The van der Waals surface area contributed by atoms with E-state index in [0.29, 0.717) is 0 Å². The van der Waals surface area contributed by atoms with Crippen LogP contribution in [0.5, 0.6) is 0 Å². The van der Waals surface area contributed by atoms with E-state index in [1.807, 2.05) is 18.2 Å². The first-order chi connectivity index (χ1) is 20.8. The molecule has 0 aliphatic rings. The number of alkyl carbamates (subject to hydrolysis) is 3. The molecule has 12 heteroatoms. The van der Waals surface area contributed by atoms with Crippen molar-refractivity contribution in [1.29, 1.82) is 0 Å². The largest absolute Gasteiger partial charge is 0.445 e. The number of Topliss-reactive ketones (excluding diaryl/α,β-unsaturated/α-hetero) is 1. The maximum absolute atomic E-state index is 13.0. The van der Waals surface area contributed by atoms with Crippen molar-refractivity contribution in [3.05, 3.63) is 108 Å². The Morgan fingerprint density at radius 2 is 0.907 bits per heavy atom. The van der Waals surface area contributed by atoms with E-state index < -0.39 is 42.1 Å². The van der Waals surface area contributed by atoms with Crippen LogP contribution in [0.4, 0.5) is 14.4 Å². The Balaban J connectivity index is 1.54. The van der Waals surface area contributed by atoms with Crippen LogP contribution in [0.25, 0.3) is 0 Å². The highest BCUT2D eigenvalue weighted by Crippen LogP contribution is 2.03. The molecule has 0 radical (unpaired) electrons. The van der Waals surface area contributed by atoms with Crippen LogP contribution in [0.3, 0.4) is 0 Å². The minimum atomic E-state index is -1.30. The molecule has 4 amide bonds. The molecule has 2 atom stereocenters.